The molecule has 1 aliphatic heterocycles. The van der Waals surface area contributed by atoms with Crippen LogP contribution in [-0.2, 0) is 0 Å². The molecule has 126 valence electrons. The Morgan fingerprint density at radius 1 is 1.33 bits per heavy atom. The summed E-state index contributed by atoms with van der Waals surface area (Å²) in [4.78, 5) is 19.1. The van der Waals surface area contributed by atoms with Crippen LogP contribution in [0.4, 0.5) is 10.5 Å². The van der Waals surface area contributed by atoms with E-state index in [2.05, 4.69) is 10.3 Å². The lowest BCUT2D eigenvalue weighted by Gasteiger charge is -2.25. The van der Waals surface area contributed by atoms with Crippen molar-refractivity contribution in [3.63, 3.8) is 0 Å². The van der Waals surface area contributed by atoms with Gasteiger partial charge >= 0.3 is 6.03 Å². The minimum atomic E-state index is 0.0165. The topological polar surface area (TPSA) is 58.4 Å². The molecule has 2 atom stereocenters. The van der Waals surface area contributed by atoms with Crippen LogP contribution in [-0.4, -0.2) is 28.5 Å². The maximum atomic E-state index is 12.7. The SMILES string of the molecule is Cc1coc(-c2cc(NC(=O)N3C[C@@H]4CCC[C@H]3C4)ccc2C)n1. The number of aromatic nitrogens is 1. The molecule has 5 heteroatoms. The summed E-state index contributed by atoms with van der Waals surface area (Å²) >= 11 is 0. The Balaban J connectivity index is 1.53. The van der Waals surface area contributed by atoms with Crippen LogP contribution in [0.15, 0.2) is 28.9 Å². The third-order valence-electron chi connectivity index (χ3n) is 5.25. The highest BCUT2D eigenvalue weighted by atomic mass is 16.3. The van der Waals surface area contributed by atoms with Crippen LogP contribution in [0.1, 0.15) is 36.9 Å². The number of carbonyl (C=O) groups excluding carboxylic acids is 1. The molecule has 1 aliphatic carbocycles. The minimum Gasteiger partial charge on any atom is -0.444 e. The Kier molecular flexibility index (Phi) is 3.79. The summed E-state index contributed by atoms with van der Waals surface area (Å²) in [6, 6.07) is 6.31. The predicted octanol–water partition coefficient (Wildman–Crippen LogP) is 4.36. The number of benzene rings is 1. The zero-order chi connectivity index (χ0) is 16.7. The quantitative estimate of drug-likeness (QED) is 0.892. The fraction of sp³-hybridized carbons (Fsp3) is 0.474. The number of hydrogen-bond donors (Lipinski definition) is 1. The Bertz CT molecular complexity index is 768. The molecular formula is C19H23N3O2. The van der Waals surface area contributed by atoms with Crippen molar-refractivity contribution in [2.45, 2.75) is 45.6 Å². The van der Waals surface area contributed by atoms with Crippen LogP contribution in [0, 0.1) is 19.8 Å². The van der Waals surface area contributed by atoms with Gasteiger partial charge in [-0.2, -0.15) is 0 Å². The first-order valence-electron chi connectivity index (χ1n) is 8.71. The van der Waals surface area contributed by atoms with Crippen molar-refractivity contribution in [2.24, 2.45) is 5.92 Å². The first-order chi connectivity index (χ1) is 11.6. The second kappa shape index (κ2) is 5.96. The maximum Gasteiger partial charge on any atom is 0.322 e. The lowest BCUT2D eigenvalue weighted by molar-refractivity contribution is 0.204. The van der Waals surface area contributed by atoms with E-state index in [1.165, 1.54) is 19.3 Å². The van der Waals surface area contributed by atoms with Crippen molar-refractivity contribution in [1.29, 1.82) is 0 Å². The van der Waals surface area contributed by atoms with Crippen LogP contribution in [0.3, 0.4) is 0 Å². The Morgan fingerprint density at radius 2 is 2.21 bits per heavy atom. The van der Waals surface area contributed by atoms with Crippen LogP contribution < -0.4 is 5.32 Å². The lowest BCUT2D eigenvalue weighted by atomic mass is 9.91. The number of oxazole rings is 1. The van der Waals surface area contributed by atoms with E-state index in [-0.39, 0.29) is 6.03 Å². The number of carbonyl (C=O) groups is 1. The molecule has 0 spiro atoms. The van der Waals surface area contributed by atoms with Crippen LogP contribution in [0.2, 0.25) is 0 Å². The molecule has 1 saturated carbocycles. The molecular weight excluding hydrogens is 302 g/mol. The summed E-state index contributed by atoms with van der Waals surface area (Å²) < 4.78 is 5.51. The summed E-state index contributed by atoms with van der Waals surface area (Å²) in [5, 5.41) is 3.06. The molecule has 4 rings (SSSR count). The van der Waals surface area contributed by atoms with Gasteiger partial charge in [0.25, 0.3) is 0 Å². The fourth-order valence-electron chi connectivity index (χ4n) is 3.99. The number of nitrogens with zero attached hydrogens (tertiary/aromatic N) is 2. The largest absolute Gasteiger partial charge is 0.444 e. The summed E-state index contributed by atoms with van der Waals surface area (Å²) in [7, 11) is 0. The molecule has 2 aliphatic rings. The number of aryl methyl sites for hydroxylation is 2. The molecule has 2 aromatic rings. The highest BCUT2D eigenvalue weighted by Gasteiger charge is 2.37. The molecule has 0 radical (unpaired) electrons. The molecule has 2 amide bonds. The van der Waals surface area contributed by atoms with Gasteiger partial charge in [-0.05, 0) is 56.7 Å². The van der Waals surface area contributed by atoms with E-state index < -0.39 is 0 Å². The van der Waals surface area contributed by atoms with Crippen LogP contribution in [0.5, 0.6) is 0 Å². The Hall–Kier alpha value is -2.30. The molecule has 1 saturated heterocycles. The van der Waals surface area contributed by atoms with Gasteiger partial charge in [-0.25, -0.2) is 9.78 Å². The molecule has 2 heterocycles. The van der Waals surface area contributed by atoms with Crippen molar-refractivity contribution >= 4 is 11.7 Å². The van der Waals surface area contributed by atoms with Gasteiger partial charge < -0.3 is 14.6 Å². The second-order valence-corrected chi connectivity index (χ2v) is 7.09. The predicted molar refractivity (Wildman–Crippen MR) is 92.9 cm³/mol. The van der Waals surface area contributed by atoms with Gasteiger partial charge in [0.2, 0.25) is 5.89 Å². The molecule has 1 aromatic heterocycles. The zero-order valence-corrected chi connectivity index (χ0v) is 14.2. The summed E-state index contributed by atoms with van der Waals surface area (Å²) in [5.74, 6) is 1.29. The molecule has 0 unspecified atom stereocenters. The summed E-state index contributed by atoms with van der Waals surface area (Å²) in [6.45, 7) is 4.82. The number of fused-ring (bicyclic) bond motifs is 2. The number of nitrogens with one attached hydrogen (secondary N) is 1. The Morgan fingerprint density at radius 3 is 2.96 bits per heavy atom. The monoisotopic (exact) mass is 325 g/mol. The van der Waals surface area contributed by atoms with Crippen LogP contribution >= 0.6 is 0 Å². The van der Waals surface area contributed by atoms with E-state index in [1.807, 2.05) is 36.9 Å². The third-order valence-corrected chi connectivity index (χ3v) is 5.25. The molecule has 1 N–H and O–H groups in total. The van der Waals surface area contributed by atoms with E-state index in [0.29, 0.717) is 17.9 Å². The van der Waals surface area contributed by atoms with Crippen LogP contribution in [0.25, 0.3) is 11.5 Å². The van der Waals surface area contributed by atoms with E-state index in [1.54, 1.807) is 6.26 Å². The Labute approximate surface area is 142 Å². The number of urea groups is 1. The molecule has 24 heavy (non-hydrogen) atoms. The van der Waals surface area contributed by atoms with Gasteiger partial charge in [0.05, 0.1) is 5.69 Å². The number of rotatable bonds is 2. The van der Waals surface area contributed by atoms with Gasteiger partial charge in [-0.3, -0.25) is 0 Å². The standard InChI is InChI=1S/C19H23N3O2/c1-12-6-7-15(9-17(12)18-20-13(2)11-24-18)21-19(23)22-10-14-4-3-5-16(22)8-14/h6-7,9,11,14,16H,3-5,8,10H2,1-2H3,(H,21,23)/t14-,16+/m1/s1. The van der Waals surface area contributed by atoms with Crippen molar-refractivity contribution in [2.75, 3.05) is 11.9 Å². The zero-order valence-electron chi connectivity index (χ0n) is 14.2. The third kappa shape index (κ3) is 2.79. The number of hydrogen-bond acceptors (Lipinski definition) is 3. The van der Waals surface area contributed by atoms with Crippen molar-refractivity contribution in [1.82, 2.24) is 9.88 Å². The molecule has 5 nitrogen and oxygen atoms in total. The van der Waals surface area contributed by atoms with E-state index in [9.17, 15) is 4.79 Å². The van der Waals surface area contributed by atoms with E-state index >= 15 is 0 Å². The van der Waals surface area contributed by atoms with Gasteiger partial charge in [0.1, 0.15) is 6.26 Å². The van der Waals surface area contributed by atoms with Crippen molar-refractivity contribution in [3.05, 3.63) is 35.7 Å². The van der Waals surface area contributed by atoms with Gasteiger partial charge in [0, 0.05) is 23.8 Å². The summed E-state index contributed by atoms with van der Waals surface area (Å²) in [5.41, 5.74) is 3.63. The maximum absolute atomic E-state index is 12.7. The molecule has 1 aromatic carbocycles. The van der Waals surface area contributed by atoms with Gasteiger partial charge in [0.15, 0.2) is 0 Å². The first kappa shape index (κ1) is 15.2. The van der Waals surface area contributed by atoms with E-state index in [4.69, 9.17) is 4.42 Å². The number of amides is 2. The van der Waals surface area contributed by atoms with Gasteiger partial charge in [-0.1, -0.05) is 12.5 Å². The first-order valence-corrected chi connectivity index (χ1v) is 8.71. The van der Waals surface area contributed by atoms with Gasteiger partial charge in [-0.15, -0.1) is 0 Å². The minimum absolute atomic E-state index is 0.0165. The fourth-order valence-corrected chi connectivity index (χ4v) is 3.99. The second-order valence-electron chi connectivity index (χ2n) is 7.09. The molecule has 2 bridgehead atoms. The van der Waals surface area contributed by atoms with Crippen molar-refractivity contribution in [3.8, 4) is 11.5 Å². The lowest BCUT2D eigenvalue weighted by Crippen LogP contribution is -2.38. The number of likely N-dealkylation sites (tertiary alicyclic amines) is 1. The molecule has 2 fully saturated rings. The highest BCUT2D eigenvalue weighted by molar-refractivity contribution is 5.90. The smallest absolute Gasteiger partial charge is 0.322 e. The normalized spacial score (nSPS) is 22.7. The highest BCUT2D eigenvalue weighted by Crippen LogP contribution is 2.35. The number of anilines is 1. The van der Waals surface area contributed by atoms with Crippen molar-refractivity contribution < 1.29 is 9.21 Å². The van der Waals surface area contributed by atoms with E-state index in [0.717, 1.165) is 35.5 Å². The summed E-state index contributed by atoms with van der Waals surface area (Å²) in [6.07, 6.45) is 6.46. The average molecular weight is 325 g/mol. The average Bonchev–Trinajstić information content (AvgIpc) is 3.12.